The summed E-state index contributed by atoms with van der Waals surface area (Å²) in [6.07, 6.45) is 0. The minimum Gasteiger partial charge on any atom is -0.416 e. The van der Waals surface area contributed by atoms with E-state index in [1.54, 1.807) is 0 Å². The van der Waals surface area contributed by atoms with E-state index in [1.807, 2.05) is 22.7 Å². The quantitative estimate of drug-likeness (QED) is 0.122. The third-order valence-electron chi connectivity index (χ3n) is 17.8. The molecule has 3 heterocycles. The van der Waals surface area contributed by atoms with Gasteiger partial charge in [-0.15, -0.1) is 32.9 Å². The summed E-state index contributed by atoms with van der Waals surface area (Å²) in [5.41, 5.74) is 25.4. The molecule has 3 aromatic heterocycles. The van der Waals surface area contributed by atoms with Gasteiger partial charge >= 0.3 is 0 Å². The van der Waals surface area contributed by atoms with Crippen LogP contribution < -0.4 is 0 Å². The molecule has 0 amide bonds. The molecule has 17 rings (SSSR count). The number of fused-ring (bicyclic) bond motifs is 6. The Morgan fingerprint density at radius 3 is 0.725 bits per heavy atom. The Labute approximate surface area is 535 Å². The number of aromatic nitrogens is 2. The summed E-state index contributed by atoms with van der Waals surface area (Å²) in [5, 5.41) is 14.2. The predicted octanol–water partition coefficient (Wildman–Crippen LogP) is 24.8. The van der Waals surface area contributed by atoms with Crippen LogP contribution in [0.15, 0.2) is 332 Å². The standard InChI is InChI=1S/C86H54N2OS2/c1-5-13-55(14-6-1)59-21-29-63(30-22-59)71-45-47-81-77(49-71)79-53-73(65-33-25-61(26-34-65)57-17-9-3-10-18-57)51-75(83(79)90-81)67-37-41-69(42-38-67)85-87-88-86(89-85)70-43-39-68(40-44-70)76-52-74(66-35-27-62(28-36-66)58-19-11-4-12-20-58)54-80-78-50-72(46-48-82(78)91-84(76)80)64-31-23-60(24-32-64)56-15-7-2-8-16-56/h1-54H. The fraction of sp³-hybridized carbons (Fsp3) is 0. The molecule has 0 atom stereocenters. The van der Waals surface area contributed by atoms with E-state index >= 15 is 0 Å². The molecule has 0 aliphatic heterocycles. The van der Waals surface area contributed by atoms with Crippen LogP contribution in [-0.2, 0) is 0 Å². The summed E-state index contributed by atoms with van der Waals surface area (Å²) in [7, 11) is 0. The van der Waals surface area contributed by atoms with Crippen molar-refractivity contribution in [1.29, 1.82) is 0 Å². The molecular formula is C86H54N2OS2. The van der Waals surface area contributed by atoms with E-state index in [2.05, 4.69) is 338 Å². The van der Waals surface area contributed by atoms with Crippen molar-refractivity contribution in [2.45, 2.75) is 0 Å². The third kappa shape index (κ3) is 10.3. The molecule has 0 N–H and O–H groups in total. The zero-order valence-corrected chi connectivity index (χ0v) is 50.9. The van der Waals surface area contributed by atoms with Crippen molar-refractivity contribution in [1.82, 2.24) is 10.2 Å². The van der Waals surface area contributed by atoms with Crippen LogP contribution in [0.5, 0.6) is 0 Å². The summed E-state index contributed by atoms with van der Waals surface area (Å²) < 4.78 is 11.5. The molecule has 0 unspecified atom stereocenters. The lowest BCUT2D eigenvalue weighted by Crippen LogP contribution is -1.85. The number of nitrogens with zero attached hydrogens (tertiary/aromatic N) is 2. The van der Waals surface area contributed by atoms with Gasteiger partial charge in [-0.2, -0.15) is 0 Å². The number of hydrogen-bond acceptors (Lipinski definition) is 5. The maximum absolute atomic E-state index is 6.54. The molecule has 91 heavy (non-hydrogen) atoms. The van der Waals surface area contributed by atoms with Crippen LogP contribution in [0.1, 0.15) is 0 Å². The van der Waals surface area contributed by atoms with E-state index in [-0.39, 0.29) is 0 Å². The largest absolute Gasteiger partial charge is 0.416 e. The molecule has 0 radical (unpaired) electrons. The Hall–Kier alpha value is -11.3. The highest BCUT2D eigenvalue weighted by molar-refractivity contribution is 7.26. The second kappa shape index (κ2) is 23.0. The van der Waals surface area contributed by atoms with E-state index in [9.17, 15) is 0 Å². The van der Waals surface area contributed by atoms with E-state index < -0.39 is 0 Å². The average Bonchev–Trinajstić information content (AvgIpc) is 1.78. The second-order valence-electron chi connectivity index (χ2n) is 23.3. The van der Waals surface area contributed by atoms with Gasteiger partial charge in [-0.3, -0.25) is 0 Å². The van der Waals surface area contributed by atoms with Crippen molar-refractivity contribution in [3.8, 4) is 134 Å². The first-order valence-electron chi connectivity index (χ1n) is 30.7. The maximum Gasteiger partial charge on any atom is 0.248 e. The molecule has 14 aromatic carbocycles. The average molecular weight is 1200 g/mol. The first kappa shape index (κ1) is 53.9. The van der Waals surface area contributed by atoms with Crippen LogP contribution >= 0.6 is 22.7 Å². The van der Waals surface area contributed by atoms with Gasteiger partial charge in [0.1, 0.15) is 0 Å². The monoisotopic (exact) mass is 1190 g/mol. The molecule has 17 aromatic rings. The third-order valence-corrected chi connectivity index (χ3v) is 20.2. The van der Waals surface area contributed by atoms with Crippen LogP contribution in [-0.4, -0.2) is 10.2 Å². The molecule has 0 spiro atoms. The van der Waals surface area contributed by atoms with Crippen LogP contribution in [0.2, 0.25) is 0 Å². The number of rotatable bonds is 12. The fourth-order valence-electron chi connectivity index (χ4n) is 12.9. The van der Waals surface area contributed by atoms with Gasteiger partial charge in [-0.25, -0.2) is 0 Å². The number of thiophene rings is 2. The van der Waals surface area contributed by atoms with Crippen molar-refractivity contribution in [3.05, 3.63) is 328 Å². The first-order chi connectivity index (χ1) is 45.0. The molecule has 3 nitrogen and oxygen atoms in total. The van der Waals surface area contributed by atoms with Crippen LogP contribution in [0, 0.1) is 0 Å². The van der Waals surface area contributed by atoms with Crippen molar-refractivity contribution in [3.63, 3.8) is 0 Å². The zero-order chi connectivity index (χ0) is 60.2. The van der Waals surface area contributed by atoms with E-state index in [1.165, 1.54) is 140 Å². The van der Waals surface area contributed by atoms with Gasteiger partial charge in [0.15, 0.2) is 0 Å². The smallest absolute Gasteiger partial charge is 0.248 e. The van der Waals surface area contributed by atoms with Crippen molar-refractivity contribution < 1.29 is 4.42 Å². The Morgan fingerprint density at radius 2 is 0.418 bits per heavy atom. The van der Waals surface area contributed by atoms with E-state index in [4.69, 9.17) is 4.42 Å². The van der Waals surface area contributed by atoms with Crippen molar-refractivity contribution in [2.24, 2.45) is 0 Å². The van der Waals surface area contributed by atoms with Gasteiger partial charge in [0.05, 0.1) is 0 Å². The molecule has 0 aliphatic rings. The fourth-order valence-corrected chi connectivity index (χ4v) is 15.3. The Balaban J connectivity index is 0.692. The molecule has 426 valence electrons. The van der Waals surface area contributed by atoms with Gasteiger partial charge in [0, 0.05) is 62.6 Å². The topological polar surface area (TPSA) is 38.9 Å². The predicted molar refractivity (Wildman–Crippen MR) is 385 cm³/mol. The molecule has 0 bridgehead atoms. The first-order valence-corrected chi connectivity index (χ1v) is 32.4. The maximum atomic E-state index is 6.54. The Kier molecular flexibility index (Phi) is 13.6. The number of benzene rings is 14. The van der Waals surface area contributed by atoms with Gasteiger partial charge in [-0.1, -0.05) is 255 Å². The van der Waals surface area contributed by atoms with Crippen LogP contribution in [0.3, 0.4) is 0 Å². The summed E-state index contributed by atoms with van der Waals surface area (Å²) in [6, 6.07) is 119. The van der Waals surface area contributed by atoms with Gasteiger partial charge < -0.3 is 4.42 Å². The van der Waals surface area contributed by atoms with Gasteiger partial charge in [-0.05, 0) is 173 Å². The van der Waals surface area contributed by atoms with Crippen molar-refractivity contribution >= 4 is 63.0 Å². The minimum atomic E-state index is 0.471. The molecular weight excluding hydrogens is 1140 g/mol. The van der Waals surface area contributed by atoms with Gasteiger partial charge in [0.25, 0.3) is 0 Å². The second-order valence-corrected chi connectivity index (χ2v) is 25.4. The van der Waals surface area contributed by atoms with Crippen LogP contribution in [0.25, 0.3) is 175 Å². The summed E-state index contributed by atoms with van der Waals surface area (Å²) >= 11 is 3.70. The lowest BCUT2D eigenvalue weighted by Gasteiger charge is -2.11. The lowest BCUT2D eigenvalue weighted by atomic mass is 9.94. The van der Waals surface area contributed by atoms with E-state index in [0.717, 1.165) is 22.3 Å². The normalized spacial score (nSPS) is 11.5. The Morgan fingerprint density at radius 1 is 0.187 bits per heavy atom. The van der Waals surface area contributed by atoms with Gasteiger partial charge in [0.2, 0.25) is 11.8 Å². The minimum absolute atomic E-state index is 0.471. The van der Waals surface area contributed by atoms with Crippen molar-refractivity contribution in [2.75, 3.05) is 0 Å². The molecule has 0 fully saturated rings. The lowest BCUT2D eigenvalue weighted by molar-refractivity contribution is 0.584. The summed E-state index contributed by atoms with van der Waals surface area (Å²) in [5.74, 6) is 0.942. The highest BCUT2D eigenvalue weighted by Crippen LogP contribution is 2.47. The summed E-state index contributed by atoms with van der Waals surface area (Å²) in [4.78, 5) is 0. The summed E-state index contributed by atoms with van der Waals surface area (Å²) in [6.45, 7) is 0. The molecule has 5 heteroatoms. The highest BCUT2D eigenvalue weighted by Gasteiger charge is 2.20. The Bertz CT molecular complexity index is 5140. The highest BCUT2D eigenvalue weighted by atomic mass is 32.1. The van der Waals surface area contributed by atoms with E-state index in [0.29, 0.717) is 11.8 Å². The zero-order valence-electron chi connectivity index (χ0n) is 49.3. The molecule has 0 aliphatic carbocycles. The van der Waals surface area contributed by atoms with Crippen LogP contribution in [0.4, 0.5) is 0 Å². The SMILES string of the molecule is c1ccc(-c2ccc(-c3ccc4sc5c(-c6ccc(-c7nnc(-c8ccc(-c9cc(-c%10ccc(-c%11ccccc%11)cc%10)cc%10c9sc9ccc(-c%11ccc(-c%12ccccc%12)cc%11)cc9%10)cc8)o7)cc6)cc(-c6ccc(-c7ccccc7)cc6)cc5c4c3)cc2)cc1. The molecule has 0 saturated carbocycles. The number of hydrogen-bond donors (Lipinski definition) is 0. The molecule has 0 saturated heterocycles.